The quantitative estimate of drug-likeness (QED) is 0.881. The number of ether oxygens (including phenoxy) is 1. The van der Waals surface area contributed by atoms with Crippen LogP contribution in [0, 0.1) is 0 Å². The van der Waals surface area contributed by atoms with Gasteiger partial charge >= 0.3 is 0 Å². The van der Waals surface area contributed by atoms with Gasteiger partial charge in [-0.1, -0.05) is 6.92 Å². The van der Waals surface area contributed by atoms with Crippen LogP contribution in [0.2, 0.25) is 0 Å². The van der Waals surface area contributed by atoms with Crippen LogP contribution in [0.15, 0.2) is 18.7 Å². The van der Waals surface area contributed by atoms with Crippen LogP contribution in [-0.2, 0) is 6.42 Å². The third kappa shape index (κ3) is 2.09. The van der Waals surface area contributed by atoms with Crippen molar-refractivity contribution in [1.29, 1.82) is 0 Å². The van der Waals surface area contributed by atoms with E-state index in [1.807, 2.05) is 14.0 Å². The molecular formula is C12H15N5O. The van der Waals surface area contributed by atoms with Gasteiger partial charge in [-0.2, -0.15) is 0 Å². The van der Waals surface area contributed by atoms with E-state index in [2.05, 4.69) is 25.3 Å². The highest BCUT2D eigenvalue weighted by Gasteiger charge is 2.16. The molecule has 0 saturated carbocycles. The Morgan fingerprint density at radius 2 is 1.89 bits per heavy atom. The molecule has 2 heterocycles. The molecule has 0 spiro atoms. The van der Waals surface area contributed by atoms with Crippen molar-refractivity contribution < 1.29 is 4.74 Å². The Balaban J connectivity index is 2.63. The summed E-state index contributed by atoms with van der Waals surface area (Å²) in [4.78, 5) is 16.9. The first kappa shape index (κ1) is 12.2. The van der Waals surface area contributed by atoms with Crippen LogP contribution in [0.3, 0.4) is 0 Å². The molecule has 0 aliphatic carbocycles. The molecular weight excluding hydrogens is 230 g/mol. The van der Waals surface area contributed by atoms with E-state index in [9.17, 15) is 0 Å². The predicted molar refractivity (Wildman–Crippen MR) is 68.5 cm³/mol. The second kappa shape index (κ2) is 5.39. The Morgan fingerprint density at radius 3 is 2.56 bits per heavy atom. The molecule has 0 amide bonds. The highest BCUT2D eigenvalue weighted by molar-refractivity contribution is 5.68. The first-order valence-electron chi connectivity index (χ1n) is 5.68. The van der Waals surface area contributed by atoms with Gasteiger partial charge < -0.3 is 10.1 Å². The van der Waals surface area contributed by atoms with Crippen molar-refractivity contribution in [2.75, 3.05) is 19.5 Å². The van der Waals surface area contributed by atoms with Crippen LogP contribution in [0.4, 0.5) is 5.82 Å². The molecule has 2 rings (SSSR count). The van der Waals surface area contributed by atoms with Crippen molar-refractivity contribution in [3.8, 4) is 17.3 Å². The number of hydrogen-bond donors (Lipinski definition) is 1. The zero-order chi connectivity index (χ0) is 13.0. The SMILES string of the molecule is CCc1c(NC)ncnc1-c1nccnc1OC. The third-order valence-electron chi connectivity index (χ3n) is 2.62. The molecule has 2 aromatic heterocycles. The van der Waals surface area contributed by atoms with Gasteiger partial charge in [0, 0.05) is 25.0 Å². The van der Waals surface area contributed by atoms with Gasteiger partial charge in [-0.15, -0.1) is 0 Å². The minimum atomic E-state index is 0.466. The minimum absolute atomic E-state index is 0.466. The van der Waals surface area contributed by atoms with Gasteiger partial charge in [-0.25, -0.2) is 19.9 Å². The van der Waals surface area contributed by atoms with E-state index >= 15 is 0 Å². The maximum absolute atomic E-state index is 5.22. The molecule has 0 bridgehead atoms. The van der Waals surface area contributed by atoms with E-state index in [0.717, 1.165) is 23.5 Å². The van der Waals surface area contributed by atoms with E-state index in [0.29, 0.717) is 11.6 Å². The van der Waals surface area contributed by atoms with Gasteiger partial charge in [0.2, 0.25) is 5.88 Å². The van der Waals surface area contributed by atoms with Crippen molar-refractivity contribution in [3.63, 3.8) is 0 Å². The van der Waals surface area contributed by atoms with Crippen molar-refractivity contribution in [2.45, 2.75) is 13.3 Å². The molecule has 6 nitrogen and oxygen atoms in total. The van der Waals surface area contributed by atoms with E-state index in [4.69, 9.17) is 4.74 Å². The summed E-state index contributed by atoms with van der Waals surface area (Å²) in [7, 11) is 3.40. The number of aromatic nitrogens is 4. The van der Waals surface area contributed by atoms with Crippen LogP contribution in [-0.4, -0.2) is 34.1 Å². The molecule has 1 N–H and O–H groups in total. The van der Waals surface area contributed by atoms with Crippen molar-refractivity contribution in [1.82, 2.24) is 19.9 Å². The molecule has 0 atom stereocenters. The fraction of sp³-hybridized carbons (Fsp3) is 0.333. The highest BCUT2D eigenvalue weighted by atomic mass is 16.5. The highest BCUT2D eigenvalue weighted by Crippen LogP contribution is 2.29. The number of nitrogens with one attached hydrogen (secondary N) is 1. The summed E-state index contributed by atoms with van der Waals surface area (Å²) >= 11 is 0. The average Bonchev–Trinajstić information content (AvgIpc) is 2.46. The monoisotopic (exact) mass is 245 g/mol. The zero-order valence-corrected chi connectivity index (χ0v) is 10.6. The summed E-state index contributed by atoms with van der Waals surface area (Å²) in [6.07, 6.45) is 5.52. The fourth-order valence-electron chi connectivity index (χ4n) is 1.80. The standard InChI is InChI=1S/C12H15N5O/c1-4-8-9(16-7-17-11(8)13-2)10-12(18-3)15-6-5-14-10/h5-7H,4H2,1-3H3,(H,13,16,17). The summed E-state index contributed by atoms with van der Waals surface area (Å²) in [6.45, 7) is 2.05. The molecule has 0 aliphatic rings. The van der Waals surface area contributed by atoms with Gasteiger partial charge in [0.05, 0.1) is 7.11 Å². The summed E-state index contributed by atoms with van der Waals surface area (Å²) in [5, 5.41) is 3.05. The molecule has 0 aliphatic heterocycles. The number of nitrogens with zero attached hydrogens (tertiary/aromatic N) is 4. The Labute approximate surface area is 105 Å². The van der Waals surface area contributed by atoms with Crippen LogP contribution in [0.1, 0.15) is 12.5 Å². The van der Waals surface area contributed by atoms with Gasteiger partial charge in [-0.05, 0) is 6.42 Å². The third-order valence-corrected chi connectivity index (χ3v) is 2.62. The maximum Gasteiger partial charge on any atom is 0.241 e. The molecule has 0 saturated heterocycles. The number of rotatable bonds is 4. The van der Waals surface area contributed by atoms with Crippen LogP contribution in [0.5, 0.6) is 5.88 Å². The van der Waals surface area contributed by atoms with E-state index < -0.39 is 0 Å². The normalized spacial score (nSPS) is 10.2. The second-order valence-electron chi connectivity index (χ2n) is 3.57. The Bertz CT molecular complexity index is 544. The summed E-state index contributed by atoms with van der Waals surface area (Å²) in [5.74, 6) is 1.27. The molecule has 0 radical (unpaired) electrons. The predicted octanol–water partition coefficient (Wildman–Crippen LogP) is 1.55. The average molecular weight is 245 g/mol. The molecule has 0 fully saturated rings. The Hall–Kier alpha value is -2.24. The largest absolute Gasteiger partial charge is 0.479 e. The summed E-state index contributed by atoms with van der Waals surface area (Å²) in [5.41, 5.74) is 2.39. The second-order valence-corrected chi connectivity index (χ2v) is 3.57. The molecule has 0 aromatic carbocycles. The first-order chi connectivity index (χ1) is 8.81. The van der Waals surface area contributed by atoms with Crippen LogP contribution >= 0.6 is 0 Å². The minimum Gasteiger partial charge on any atom is -0.479 e. The maximum atomic E-state index is 5.22. The Morgan fingerprint density at radius 1 is 1.11 bits per heavy atom. The van der Waals surface area contributed by atoms with Crippen LogP contribution in [0.25, 0.3) is 11.4 Å². The van der Waals surface area contributed by atoms with E-state index in [-0.39, 0.29) is 0 Å². The number of methoxy groups -OCH3 is 1. The van der Waals surface area contributed by atoms with E-state index in [1.165, 1.54) is 6.33 Å². The molecule has 2 aromatic rings. The zero-order valence-electron chi connectivity index (χ0n) is 10.6. The molecule has 94 valence electrons. The molecule has 0 unspecified atom stereocenters. The number of anilines is 1. The van der Waals surface area contributed by atoms with Gasteiger partial charge in [0.25, 0.3) is 0 Å². The fourth-order valence-corrected chi connectivity index (χ4v) is 1.80. The lowest BCUT2D eigenvalue weighted by Crippen LogP contribution is -2.04. The van der Waals surface area contributed by atoms with Crippen molar-refractivity contribution in [2.24, 2.45) is 0 Å². The lowest BCUT2D eigenvalue weighted by molar-refractivity contribution is 0.397. The number of hydrogen-bond acceptors (Lipinski definition) is 6. The molecule has 18 heavy (non-hydrogen) atoms. The smallest absolute Gasteiger partial charge is 0.241 e. The van der Waals surface area contributed by atoms with E-state index in [1.54, 1.807) is 19.5 Å². The van der Waals surface area contributed by atoms with Gasteiger partial charge in [0.15, 0.2) is 5.69 Å². The van der Waals surface area contributed by atoms with Crippen molar-refractivity contribution >= 4 is 5.82 Å². The summed E-state index contributed by atoms with van der Waals surface area (Å²) < 4.78 is 5.22. The summed E-state index contributed by atoms with van der Waals surface area (Å²) in [6, 6.07) is 0. The lowest BCUT2D eigenvalue weighted by Gasteiger charge is -2.11. The lowest BCUT2D eigenvalue weighted by atomic mass is 10.1. The van der Waals surface area contributed by atoms with Gasteiger partial charge in [-0.3, -0.25) is 0 Å². The van der Waals surface area contributed by atoms with Gasteiger partial charge in [0.1, 0.15) is 17.8 Å². The van der Waals surface area contributed by atoms with Crippen molar-refractivity contribution in [3.05, 3.63) is 24.3 Å². The molecule has 6 heteroatoms. The topological polar surface area (TPSA) is 72.8 Å². The first-order valence-corrected chi connectivity index (χ1v) is 5.68. The van der Waals surface area contributed by atoms with Crippen LogP contribution < -0.4 is 10.1 Å². The Kier molecular flexibility index (Phi) is 3.66.